The molecule has 0 atom stereocenters. The van der Waals surface area contributed by atoms with E-state index in [1.54, 1.807) is 0 Å². The van der Waals surface area contributed by atoms with E-state index < -0.39 is 0 Å². The van der Waals surface area contributed by atoms with Crippen LogP contribution >= 0.6 is 25.4 Å². The van der Waals surface area contributed by atoms with Gasteiger partial charge in [-0.15, -0.1) is 27.0 Å². The fourth-order valence-electron chi connectivity index (χ4n) is 0.911. The number of thiol groups is 2. The number of benzene rings is 1. The Morgan fingerprint density at radius 3 is 2.82 bits per heavy atom. The lowest BCUT2D eigenvalue weighted by atomic mass is 10.3. The predicted molar refractivity (Wildman–Crippen MR) is 49.2 cm³/mol. The van der Waals surface area contributed by atoms with Crippen LogP contribution in [0.5, 0.6) is 0 Å². The highest BCUT2D eigenvalue weighted by Gasteiger charge is 2.01. The van der Waals surface area contributed by atoms with Crippen molar-refractivity contribution < 1.29 is 0 Å². The zero-order valence-corrected chi connectivity index (χ0v) is 7.26. The molecular weight excluding hydrogens is 178 g/mol. The van der Waals surface area contributed by atoms with Crippen LogP contribution in [0.4, 0.5) is 0 Å². The maximum absolute atomic E-state index is 4.21. The van der Waals surface area contributed by atoms with Crippen LogP contribution in [0.1, 0.15) is 0 Å². The number of nitrogens with zero attached hydrogens (tertiary/aromatic N) is 3. The third kappa shape index (κ3) is 1.10. The van der Waals surface area contributed by atoms with E-state index in [-0.39, 0.29) is 0 Å². The second-order valence-electron chi connectivity index (χ2n) is 2.11. The van der Waals surface area contributed by atoms with Crippen molar-refractivity contribution in [2.75, 3.05) is 0 Å². The summed E-state index contributed by atoms with van der Waals surface area (Å²) < 4.78 is 1.24. The van der Waals surface area contributed by atoms with Gasteiger partial charge in [0.05, 0.1) is 0 Å². The van der Waals surface area contributed by atoms with E-state index in [9.17, 15) is 0 Å². The average molecular weight is 183 g/mol. The van der Waals surface area contributed by atoms with Crippen molar-refractivity contribution in [3.8, 4) is 0 Å². The molecule has 0 radical (unpaired) electrons. The van der Waals surface area contributed by atoms with Crippen molar-refractivity contribution in [1.82, 2.24) is 14.4 Å². The van der Waals surface area contributed by atoms with Gasteiger partial charge in [-0.2, -0.15) is 0 Å². The summed E-state index contributed by atoms with van der Waals surface area (Å²) in [6.07, 6.45) is 0. The number of hydrogen-bond acceptors (Lipinski definition) is 4. The second kappa shape index (κ2) is 2.42. The van der Waals surface area contributed by atoms with Crippen molar-refractivity contribution >= 4 is 36.5 Å². The highest BCUT2D eigenvalue weighted by molar-refractivity contribution is 7.80. The molecule has 0 saturated carbocycles. The van der Waals surface area contributed by atoms with Gasteiger partial charge in [0, 0.05) is 4.90 Å². The summed E-state index contributed by atoms with van der Waals surface area (Å²) in [5.74, 6) is 0. The fourth-order valence-corrected chi connectivity index (χ4v) is 1.34. The number of hydrogen-bond donors (Lipinski definition) is 2. The number of fused-ring (bicyclic) bond motifs is 1. The molecule has 0 aliphatic rings. The van der Waals surface area contributed by atoms with E-state index >= 15 is 0 Å². The lowest BCUT2D eigenvalue weighted by molar-refractivity contribution is 0.888. The first-order chi connectivity index (χ1) is 5.27. The molecule has 0 aliphatic carbocycles. The fraction of sp³-hybridized carbons (Fsp3) is 0. The van der Waals surface area contributed by atoms with E-state index in [1.807, 2.05) is 18.2 Å². The van der Waals surface area contributed by atoms with Crippen molar-refractivity contribution in [1.29, 1.82) is 0 Å². The van der Waals surface area contributed by atoms with Gasteiger partial charge in [-0.25, -0.2) is 0 Å². The minimum atomic E-state index is 0.783. The molecule has 0 spiro atoms. The minimum Gasteiger partial charge on any atom is -0.142 e. The zero-order chi connectivity index (χ0) is 7.84. The normalized spacial score (nSPS) is 10.7. The topological polar surface area (TPSA) is 30.7 Å². The van der Waals surface area contributed by atoms with Crippen LogP contribution in [0.25, 0.3) is 11.0 Å². The number of aromatic nitrogens is 3. The Labute approximate surface area is 74.4 Å². The molecule has 0 fully saturated rings. The first kappa shape index (κ1) is 7.00. The summed E-state index contributed by atoms with van der Waals surface area (Å²) in [6, 6.07) is 5.62. The molecule has 0 bridgehead atoms. The molecule has 56 valence electrons. The minimum absolute atomic E-state index is 0.783. The van der Waals surface area contributed by atoms with Gasteiger partial charge in [0.1, 0.15) is 11.0 Å². The first-order valence-corrected chi connectivity index (χ1v) is 3.86. The van der Waals surface area contributed by atoms with Crippen LogP contribution in [-0.2, 0) is 0 Å². The third-order valence-corrected chi connectivity index (χ3v) is 1.92. The van der Waals surface area contributed by atoms with Gasteiger partial charge in [-0.1, -0.05) is 6.07 Å². The van der Waals surface area contributed by atoms with Crippen molar-refractivity contribution in [2.24, 2.45) is 0 Å². The molecule has 2 aromatic rings. The van der Waals surface area contributed by atoms with Crippen LogP contribution in [-0.4, -0.2) is 14.4 Å². The van der Waals surface area contributed by atoms with Crippen LogP contribution in [0.2, 0.25) is 0 Å². The molecule has 3 nitrogen and oxygen atoms in total. The zero-order valence-electron chi connectivity index (χ0n) is 5.47. The summed E-state index contributed by atoms with van der Waals surface area (Å²) >= 11 is 8.16. The van der Waals surface area contributed by atoms with Gasteiger partial charge in [-0.05, 0) is 24.9 Å². The van der Waals surface area contributed by atoms with Crippen LogP contribution in [0, 0.1) is 0 Å². The molecule has 0 amide bonds. The maximum Gasteiger partial charge on any atom is 0.127 e. The molecule has 2 rings (SSSR count). The third-order valence-electron chi connectivity index (χ3n) is 1.38. The Hall–Kier alpha value is -0.680. The lowest BCUT2D eigenvalue weighted by Crippen LogP contribution is -1.82. The van der Waals surface area contributed by atoms with Crippen molar-refractivity contribution in [2.45, 2.75) is 4.90 Å². The van der Waals surface area contributed by atoms with E-state index in [4.69, 9.17) is 0 Å². The van der Waals surface area contributed by atoms with Gasteiger partial charge in [-0.3, -0.25) is 0 Å². The monoisotopic (exact) mass is 183 g/mol. The van der Waals surface area contributed by atoms with Gasteiger partial charge in [0.2, 0.25) is 0 Å². The standard InChI is InChI=1S/C6H5N3S2/c10-5-3-1-2-4-6(5)8-9(11)7-4/h1-3,10-11H. The Morgan fingerprint density at radius 1 is 1.27 bits per heavy atom. The predicted octanol–water partition coefficient (Wildman–Crippen LogP) is 1.41. The van der Waals surface area contributed by atoms with Gasteiger partial charge in [0.15, 0.2) is 0 Å². The quantitative estimate of drug-likeness (QED) is 0.605. The molecule has 0 N–H and O–H groups in total. The van der Waals surface area contributed by atoms with Crippen LogP contribution in [0.3, 0.4) is 0 Å². The Morgan fingerprint density at radius 2 is 2.09 bits per heavy atom. The highest BCUT2D eigenvalue weighted by Crippen LogP contribution is 2.17. The molecule has 5 heteroatoms. The summed E-state index contributed by atoms with van der Waals surface area (Å²) in [6.45, 7) is 0. The van der Waals surface area contributed by atoms with Crippen molar-refractivity contribution in [3.63, 3.8) is 0 Å². The molecule has 0 aliphatic heterocycles. The molecule has 0 saturated heterocycles. The van der Waals surface area contributed by atoms with E-state index in [1.165, 1.54) is 4.20 Å². The largest absolute Gasteiger partial charge is 0.142 e. The molecule has 0 unspecified atom stereocenters. The number of rotatable bonds is 0. The maximum atomic E-state index is 4.21. The van der Waals surface area contributed by atoms with Gasteiger partial charge in [0.25, 0.3) is 0 Å². The molecule has 1 heterocycles. The van der Waals surface area contributed by atoms with E-state index in [0.717, 1.165) is 15.9 Å². The van der Waals surface area contributed by atoms with Crippen LogP contribution in [0.15, 0.2) is 23.1 Å². The molecule has 1 aromatic carbocycles. The van der Waals surface area contributed by atoms with Gasteiger partial charge >= 0.3 is 0 Å². The van der Waals surface area contributed by atoms with Crippen molar-refractivity contribution in [3.05, 3.63) is 18.2 Å². The summed E-state index contributed by atoms with van der Waals surface area (Å²) in [5, 5.41) is 8.00. The molecule has 11 heavy (non-hydrogen) atoms. The second-order valence-corrected chi connectivity index (χ2v) is 2.95. The molecular formula is C6H5N3S2. The average Bonchev–Trinajstić information content (AvgIpc) is 2.31. The smallest absolute Gasteiger partial charge is 0.127 e. The Bertz CT molecular complexity index is 396. The van der Waals surface area contributed by atoms with Gasteiger partial charge < -0.3 is 0 Å². The first-order valence-electron chi connectivity index (χ1n) is 3.01. The van der Waals surface area contributed by atoms with Crippen LogP contribution < -0.4 is 0 Å². The SMILES string of the molecule is Sc1cccc2nn(S)nc12. The highest BCUT2D eigenvalue weighted by atomic mass is 32.1. The summed E-state index contributed by atoms with van der Waals surface area (Å²) in [5.41, 5.74) is 1.60. The van der Waals surface area contributed by atoms with E-state index in [0.29, 0.717) is 0 Å². The summed E-state index contributed by atoms with van der Waals surface area (Å²) in [7, 11) is 0. The van der Waals surface area contributed by atoms with E-state index in [2.05, 4.69) is 35.6 Å². The lowest BCUT2D eigenvalue weighted by Gasteiger charge is -1.87. The summed E-state index contributed by atoms with van der Waals surface area (Å²) in [4.78, 5) is 0.822. The Balaban J connectivity index is 2.90. The molecule has 1 aromatic heterocycles. The Kier molecular flexibility index (Phi) is 1.54.